The van der Waals surface area contributed by atoms with Crippen molar-refractivity contribution in [1.29, 1.82) is 0 Å². The minimum Gasteiger partial charge on any atom is -0.504 e. The number of ketones is 1. The Labute approximate surface area is 117 Å². The molecule has 19 heavy (non-hydrogen) atoms. The molecular weight excluding hydrogens is 252 g/mol. The van der Waals surface area contributed by atoms with E-state index < -0.39 is 8.07 Å². The van der Waals surface area contributed by atoms with Crippen LogP contribution in [0.4, 0.5) is 0 Å². The lowest BCUT2D eigenvalue weighted by molar-refractivity contribution is -0.114. The van der Waals surface area contributed by atoms with E-state index in [1.54, 1.807) is 0 Å². The van der Waals surface area contributed by atoms with Gasteiger partial charge in [-0.1, -0.05) is 46.0 Å². The predicted molar refractivity (Wildman–Crippen MR) is 81.9 cm³/mol. The Morgan fingerprint density at radius 1 is 1.26 bits per heavy atom. The maximum Gasteiger partial charge on any atom is 0.223 e. The molecule has 2 nitrogen and oxygen atoms in total. The van der Waals surface area contributed by atoms with E-state index in [1.165, 1.54) is 6.42 Å². The SMILES string of the molecule is CC(C)(C)[Si](C)(C)/C=C1\C(=O)C(O)=C2CCCCC21. The average molecular weight is 278 g/mol. The number of aliphatic hydroxyl groups is 1. The Kier molecular flexibility index (Phi) is 3.54. The van der Waals surface area contributed by atoms with Gasteiger partial charge in [0.05, 0.1) is 8.07 Å². The van der Waals surface area contributed by atoms with Crippen LogP contribution in [0.2, 0.25) is 18.1 Å². The second-order valence-corrected chi connectivity index (χ2v) is 12.8. The van der Waals surface area contributed by atoms with Crippen LogP contribution in [0.3, 0.4) is 0 Å². The third kappa shape index (κ3) is 2.45. The first-order valence-electron chi connectivity index (χ1n) is 7.34. The van der Waals surface area contributed by atoms with Crippen LogP contribution in [0.1, 0.15) is 46.5 Å². The second kappa shape index (κ2) is 4.62. The van der Waals surface area contributed by atoms with E-state index in [2.05, 4.69) is 39.6 Å². The number of hydrogen-bond donors (Lipinski definition) is 1. The number of allylic oxidation sites excluding steroid dienone is 2. The number of Topliss-reactive ketones (excluding diaryl/α,β-unsaturated/α-hetero) is 1. The van der Waals surface area contributed by atoms with Crippen molar-refractivity contribution in [3.05, 3.63) is 22.6 Å². The average Bonchev–Trinajstić information content (AvgIpc) is 2.54. The van der Waals surface area contributed by atoms with Gasteiger partial charge in [-0.3, -0.25) is 4.79 Å². The molecule has 0 aromatic rings. The van der Waals surface area contributed by atoms with Gasteiger partial charge in [-0.2, -0.15) is 0 Å². The zero-order valence-electron chi connectivity index (χ0n) is 12.8. The molecule has 1 saturated carbocycles. The standard InChI is InChI=1S/C16H26O2Si/c1-16(2,3)19(4,5)10-13-11-8-6-7-9-12(11)14(17)15(13)18/h10-11,17H,6-9H2,1-5H3/b13-10-. The third-order valence-corrected chi connectivity index (χ3v) is 10.1. The van der Waals surface area contributed by atoms with Crippen molar-refractivity contribution in [1.82, 2.24) is 0 Å². The number of carbonyl (C=O) groups is 1. The fraction of sp³-hybridized carbons (Fsp3) is 0.688. The zero-order valence-corrected chi connectivity index (χ0v) is 13.8. The fourth-order valence-corrected chi connectivity index (χ4v) is 4.39. The molecule has 0 saturated heterocycles. The summed E-state index contributed by atoms with van der Waals surface area (Å²) in [5, 5.41) is 10.3. The molecule has 0 aromatic heterocycles. The Balaban J connectivity index is 2.39. The highest BCUT2D eigenvalue weighted by molar-refractivity contribution is 6.85. The van der Waals surface area contributed by atoms with Gasteiger partial charge in [-0.05, 0) is 29.9 Å². The summed E-state index contributed by atoms with van der Waals surface area (Å²) in [5.41, 5.74) is 4.18. The molecule has 0 spiro atoms. The van der Waals surface area contributed by atoms with Crippen LogP contribution in [0.5, 0.6) is 0 Å². The van der Waals surface area contributed by atoms with Gasteiger partial charge in [0.2, 0.25) is 5.78 Å². The first-order chi connectivity index (χ1) is 8.65. The molecule has 1 fully saturated rings. The van der Waals surface area contributed by atoms with Crippen LogP contribution in [-0.2, 0) is 4.79 Å². The highest BCUT2D eigenvalue weighted by atomic mass is 28.3. The van der Waals surface area contributed by atoms with E-state index >= 15 is 0 Å². The molecule has 1 N–H and O–H groups in total. The van der Waals surface area contributed by atoms with E-state index in [-0.39, 0.29) is 22.5 Å². The molecule has 0 aliphatic heterocycles. The highest BCUT2D eigenvalue weighted by Gasteiger charge is 2.41. The second-order valence-electron chi connectivity index (χ2n) is 7.57. The van der Waals surface area contributed by atoms with Gasteiger partial charge in [-0.15, -0.1) is 0 Å². The summed E-state index contributed by atoms with van der Waals surface area (Å²) < 4.78 is 0. The molecule has 0 aromatic carbocycles. The monoisotopic (exact) mass is 278 g/mol. The number of aliphatic hydroxyl groups excluding tert-OH is 1. The molecule has 0 amide bonds. The Bertz CT molecular complexity index is 464. The van der Waals surface area contributed by atoms with Crippen LogP contribution >= 0.6 is 0 Å². The van der Waals surface area contributed by atoms with Gasteiger partial charge < -0.3 is 5.11 Å². The van der Waals surface area contributed by atoms with Gasteiger partial charge in [0.25, 0.3) is 0 Å². The smallest absolute Gasteiger partial charge is 0.223 e. The highest BCUT2D eigenvalue weighted by Crippen LogP contribution is 2.45. The van der Waals surface area contributed by atoms with Crippen molar-refractivity contribution in [2.75, 3.05) is 0 Å². The van der Waals surface area contributed by atoms with Gasteiger partial charge in [0.15, 0.2) is 5.76 Å². The minimum absolute atomic E-state index is 0.0645. The molecule has 1 atom stereocenters. The first kappa shape index (κ1) is 14.6. The molecular formula is C16H26O2Si. The molecule has 3 heteroatoms. The van der Waals surface area contributed by atoms with Crippen molar-refractivity contribution in [3.63, 3.8) is 0 Å². The third-order valence-electron chi connectivity index (χ3n) is 5.22. The predicted octanol–water partition coefficient (Wildman–Crippen LogP) is 4.55. The molecule has 106 valence electrons. The minimum atomic E-state index is -1.64. The summed E-state index contributed by atoms with van der Waals surface area (Å²) in [6.45, 7) is 11.4. The topological polar surface area (TPSA) is 37.3 Å². The van der Waals surface area contributed by atoms with E-state index in [0.29, 0.717) is 0 Å². The van der Waals surface area contributed by atoms with E-state index in [0.717, 1.165) is 30.4 Å². The molecule has 0 heterocycles. The number of hydrogen-bond acceptors (Lipinski definition) is 2. The summed E-state index contributed by atoms with van der Waals surface area (Å²) in [5.74, 6) is 0.191. The molecule has 2 aliphatic rings. The van der Waals surface area contributed by atoms with E-state index in [4.69, 9.17) is 0 Å². The lowest BCUT2D eigenvalue weighted by Gasteiger charge is -2.35. The Hall–Kier alpha value is -0.833. The van der Waals surface area contributed by atoms with E-state index in [9.17, 15) is 9.90 Å². The van der Waals surface area contributed by atoms with Crippen LogP contribution in [-0.4, -0.2) is 19.0 Å². The van der Waals surface area contributed by atoms with Crippen molar-refractivity contribution >= 4 is 13.9 Å². The Morgan fingerprint density at radius 2 is 1.89 bits per heavy atom. The number of carbonyl (C=O) groups excluding carboxylic acids is 1. The molecule has 2 aliphatic carbocycles. The van der Waals surface area contributed by atoms with Gasteiger partial charge >= 0.3 is 0 Å². The maximum absolute atomic E-state index is 12.3. The molecule has 0 radical (unpaired) electrons. The normalized spacial score (nSPS) is 27.1. The van der Waals surface area contributed by atoms with Crippen LogP contribution in [0.25, 0.3) is 0 Å². The van der Waals surface area contributed by atoms with Gasteiger partial charge in [-0.25, -0.2) is 0 Å². The molecule has 0 bridgehead atoms. The number of fused-ring (bicyclic) bond motifs is 1. The number of rotatable bonds is 1. The van der Waals surface area contributed by atoms with E-state index in [1.807, 2.05) is 0 Å². The molecule has 2 rings (SSSR count). The van der Waals surface area contributed by atoms with Crippen molar-refractivity contribution in [2.45, 2.75) is 64.6 Å². The first-order valence-corrected chi connectivity index (χ1v) is 10.4. The fourth-order valence-electron chi connectivity index (χ4n) is 2.85. The van der Waals surface area contributed by atoms with Crippen LogP contribution in [0.15, 0.2) is 22.6 Å². The summed E-state index contributed by atoms with van der Waals surface area (Å²) in [7, 11) is -1.64. The van der Waals surface area contributed by atoms with Crippen LogP contribution in [0, 0.1) is 5.92 Å². The Morgan fingerprint density at radius 3 is 2.47 bits per heavy atom. The molecule has 1 unspecified atom stereocenters. The maximum atomic E-state index is 12.3. The van der Waals surface area contributed by atoms with Crippen molar-refractivity contribution < 1.29 is 9.90 Å². The summed E-state index contributed by atoms with van der Waals surface area (Å²) in [6, 6.07) is 0. The van der Waals surface area contributed by atoms with Crippen molar-refractivity contribution in [2.24, 2.45) is 5.92 Å². The van der Waals surface area contributed by atoms with Crippen LogP contribution < -0.4 is 0 Å². The summed E-state index contributed by atoms with van der Waals surface area (Å²) >= 11 is 0. The lowest BCUT2D eigenvalue weighted by Crippen LogP contribution is -2.36. The zero-order chi connectivity index (χ0) is 14.4. The largest absolute Gasteiger partial charge is 0.504 e. The lowest BCUT2D eigenvalue weighted by atomic mass is 9.84. The quantitative estimate of drug-likeness (QED) is 0.564. The van der Waals surface area contributed by atoms with Gasteiger partial charge in [0.1, 0.15) is 0 Å². The summed E-state index contributed by atoms with van der Waals surface area (Å²) in [4.78, 5) is 12.3. The summed E-state index contributed by atoms with van der Waals surface area (Å²) in [6.07, 6.45) is 4.21. The van der Waals surface area contributed by atoms with Gasteiger partial charge in [0, 0.05) is 11.5 Å². The van der Waals surface area contributed by atoms with Crippen molar-refractivity contribution in [3.8, 4) is 0 Å².